The molecule has 0 radical (unpaired) electrons. The minimum Gasteiger partial charge on any atom is -0.281 e. The van der Waals surface area contributed by atoms with Crippen molar-refractivity contribution in [2.75, 3.05) is 13.1 Å². The van der Waals surface area contributed by atoms with Crippen LogP contribution < -0.4 is 0 Å². The number of nitrogens with one attached hydrogen (secondary N) is 1. The van der Waals surface area contributed by atoms with E-state index in [-0.39, 0.29) is 5.41 Å². The summed E-state index contributed by atoms with van der Waals surface area (Å²) < 4.78 is 27.0. The Hall–Kier alpha value is -0.880. The molecule has 5 nitrogen and oxygen atoms in total. The molecule has 0 amide bonds. The van der Waals surface area contributed by atoms with Crippen molar-refractivity contribution in [2.24, 2.45) is 11.3 Å². The van der Waals surface area contributed by atoms with Crippen LogP contribution in [0.4, 0.5) is 0 Å². The summed E-state index contributed by atoms with van der Waals surface area (Å²) in [5, 5.41) is 6.74. The quantitative estimate of drug-likeness (QED) is 0.904. The second-order valence-electron chi connectivity index (χ2n) is 6.48. The Balaban J connectivity index is 2.29. The van der Waals surface area contributed by atoms with Gasteiger partial charge in [-0.3, -0.25) is 5.10 Å². The highest BCUT2D eigenvalue weighted by Gasteiger charge is 2.39. The van der Waals surface area contributed by atoms with Crippen LogP contribution in [-0.4, -0.2) is 36.0 Å². The first kappa shape index (κ1) is 14.5. The van der Waals surface area contributed by atoms with E-state index in [1.54, 1.807) is 18.2 Å². The van der Waals surface area contributed by atoms with Gasteiger partial charge in [0.25, 0.3) is 0 Å². The molecule has 1 fully saturated rings. The third kappa shape index (κ3) is 2.56. The molecular weight excluding hydrogens is 262 g/mol. The van der Waals surface area contributed by atoms with E-state index < -0.39 is 10.0 Å². The Morgan fingerprint density at radius 2 is 1.95 bits per heavy atom. The van der Waals surface area contributed by atoms with E-state index in [1.807, 2.05) is 0 Å². The van der Waals surface area contributed by atoms with E-state index in [0.29, 0.717) is 35.3 Å². The fourth-order valence-electron chi connectivity index (χ4n) is 2.70. The molecular formula is C13H23N3O2S. The molecule has 1 N–H and O–H groups in total. The van der Waals surface area contributed by atoms with Gasteiger partial charge in [-0.1, -0.05) is 20.8 Å². The van der Waals surface area contributed by atoms with Gasteiger partial charge in [-0.05, 0) is 31.6 Å². The number of aromatic nitrogens is 2. The van der Waals surface area contributed by atoms with Gasteiger partial charge in [0.05, 0.1) is 11.4 Å². The Morgan fingerprint density at radius 1 is 1.32 bits per heavy atom. The van der Waals surface area contributed by atoms with Crippen LogP contribution in [0.3, 0.4) is 0 Å². The highest BCUT2D eigenvalue weighted by molar-refractivity contribution is 7.89. The van der Waals surface area contributed by atoms with Gasteiger partial charge in [-0.15, -0.1) is 0 Å². The van der Waals surface area contributed by atoms with Crippen molar-refractivity contribution in [1.82, 2.24) is 14.5 Å². The molecule has 6 heteroatoms. The molecule has 1 aromatic rings. The van der Waals surface area contributed by atoms with E-state index in [2.05, 4.69) is 31.0 Å². The summed E-state index contributed by atoms with van der Waals surface area (Å²) in [6.07, 6.45) is 0.929. The predicted octanol–water partition coefficient (Wildman–Crippen LogP) is 2.08. The molecule has 1 saturated heterocycles. The number of sulfonamides is 1. The summed E-state index contributed by atoms with van der Waals surface area (Å²) in [6.45, 7) is 11.2. The molecule has 2 rings (SSSR count). The van der Waals surface area contributed by atoms with Crippen molar-refractivity contribution >= 4 is 10.0 Å². The number of H-pyrrole nitrogens is 1. The summed E-state index contributed by atoms with van der Waals surface area (Å²) in [5.41, 5.74) is 1.32. The number of hydrogen-bond donors (Lipinski definition) is 1. The lowest BCUT2D eigenvalue weighted by Gasteiger charge is -2.26. The Morgan fingerprint density at radius 3 is 2.37 bits per heavy atom. The van der Waals surface area contributed by atoms with Crippen LogP contribution in [0.25, 0.3) is 0 Å². The minimum atomic E-state index is -3.41. The molecule has 19 heavy (non-hydrogen) atoms. The normalized spacial score (nSPS) is 22.1. The molecule has 0 spiro atoms. The van der Waals surface area contributed by atoms with Crippen molar-refractivity contribution in [1.29, 1.82) is 0 Å². The molecule has 0 aromatic carbocycles. The van der Waals surface area contributed by atoms with Gasteiger partial charge >= 0.3 is 0 Å². The van der Waals surface area contributed by atoms with Gasteiger partial charge in [0, 0.05) is 13.1 Å². The molecule has 2 heterocycles. The fraction of sp³-hybridized carbons (Fsp3) is 0.769. The van der Waals surface area contributed by atoms with Crippen molar-refractivity contribution in [3.63, 3.8) is 0 Å². The molecule has 0 aliphatic carbocycles. The van der Waals surface area contributed by atoms with Crippen molar-refractivity contribution < 1.29 is 8.42 Å². The lowest BCUT2D eigenvalue weighted by Crippen LogP contribution is -2.31. The monoisotopic (exact) mass is 285 g/mol. The summed E-state index contributed by atoms with van der Waals surface area (Å²) >= 11 is 0. The van der Waals surface area contributed by atoms with Crippen LogP contribution in [0, 0.1) is 25.2 Å². The Labute approximate surface area is 115 Å². The molecule has 1 atom stereocenters. The zero-order valence-electron chi connectivity index (χ0n) is 12.3. The molecule has 1 aliphatic heterocycles. The minimum absolute atomic E-state index is 0.144. The van der Waals surface area contributed by atoms with Crippen LogP contribution in [0.1, 0.15) is 38.6 Å². The molecule has 1 unspecified atom stereocenters. The predicted molar refractivity (Wildman–Crippen MR) is 74.4 cm³/mol. The zero-order chi connectivity index (χ0) is 14.4. The van der Waals surface area contributed by atoms with Crippen molar-refractivity contribution in [2.45, 2.75) is 45.9 Å². The Bertz CT molecular complexity index is 550. The van der Waals surface area contributed by atoms with Crippen LogP contribution in [0.2, 0.25) is 0 Å². The van der Waals surface area contributed by atoms with E-state index in [4.69, 9.17) is 0 Å². The number of aromatic amines is 1. The number of rotatable bonds is 2. The van der Waals surface area contributed by atoms with Crippen LogP contribution in [0.15, 0.2) is 4.90 Å². The summed E-state index contributed by atoms with van der Waals surface area (Å²) in [6, 6.07) is 0. The van der Waals surface area contributed by atoms with Gasteiger partial charge in [-0.2, -0.15) is 9.40 Å². The van der Waals surface area contributed by atoms with Crippen molar-refractivity contribution in [3.8, 4) is 0 Å². The molecule has 1 aliphatic rings. The maximum atomic E-state index is 12.7. The molecule has 0 bridgehead atoms. The van der Waals surface area contributed by atoms with Gasteiger partial charge in [0.1, 0.15) is 4.90 Å². The average molecular weight is 285 g/mol. The lowest BCUT2D eigenvalue weighted by molar-refractivity contribution is 0.252. The number of hydrogen-bond acceptors (Lipinski definition) is 3. The second-order valence-corrected chi connectivity index (χ2v) is 8.35. The van der Waals surface area contributed by atoms with Gasteiger partial charge in [0.15, 0.2) is 0 Å². The smallest absolute Gasteiger partial charge is 0.246 e. The summed E-state index contributed by atoms with van der Waals surface area (Å²) in [5.74, 6) is 0.412. The fourth-order valence-corrected chi connectivity index (χ4v) is 4.53. The largest absolute Gasteiger partial charge is 0.281 e. The number of aryl methyl sites for hydroxylation is 2. The highest BCUT2D eigenvalue weighted by Crippen LogP contribution is 2.36. The van der Waals surface area contributed by atoms with Crippen LogP contribution in [-0.2, 0) is 10.0 Å². The van der Waals surface area contributed by atoms with E-state index >= 15 is 0 Å². The Kier molecular flexibility index (Phi) is 3.51. The average Bonchev–Trinajstić information content (AvgIpc) is 2.84. The van der Waals surface area contributed by atoms with E-state index in [0.717, 1.165) is 6.42 Å². The van der Waals surface area contributed by atoms with Crippen LogP contribution >= 0.6 is 0 Å². The van der Waals surface area contributed by atoms with Gasteiger partial charge in [-0.25, -0.2) is 8.42 Å². The highest BCUT2D eigenvalue weighted by atomic mass is 32.2. The van der Waals surface area contributed by atoms with E-state index in [9.17, 15) is 8.42 Å². The zero-order valence-corrected chi connectivity index (χ0v) is 13.1. The first-order valence-electron chi connectivity index (χ1n) is 6.65. The third-order valence-corrected chi connectivity index (χ3v) is 6.16. The molecule has 0 saturated carbocycles. The van der Waals surface area contributed by atoms with Crippen LogP contribution in [0.5, 0.6) is 0 Å². The summed E-state index contributed by atoms with van der Waals surface area (Å²) in [7, 11) is -3.41. The lowest BCUT2D eigenvalue weighted by atomic mass is 9.80. The number of nitrogens with zero attached hydrogens (tertiary/aromatic N) is 2. The molecule has 108 valence electrons. The first-order valence-corrected chi connectivity index (χ1v) is 8.09. The molecule has 1 aromatic heterocycles. The standard InChI is InChI=1S/C13H23N3O2S/c1-9-12(10(2)15-14-9)19(17,18)16-7-6-11(8-16)13(3,4)5/h11H,6-8H2,1-5H3,(H,14,15). The van der Waals surface area contributed by atoms with Gasteiger partial charge in [0.2, 0.25) is 10.0 Å². The second kappa shape index (κ2) is 4.59. The third-order valence-electron chi connectivity index (χ3n) is 4.03. The van der Waals surface area contributed by atoms with Crippen molar-refractivity contribution in [3.05, 3.63) is 11.4 Å². The van der Waals surface area contributed by atoms with E-state index in [1.165, 1.54) is 0 Å². The maximum absolute atomic E-state index is 12.7. The SMILES string of the molecule is Cc1n[nH]c(C)c1S(=O)(=O)N1CCC(C(C)(C)C)C1. The maximum Gasteiger partial charge on any atom is 0.246 e. The summed E-state index contributed by atoms with van der Waals surface area (Å²) in [4.78, 5) is 0.349. The first-order chi connectivity index (χ1) is 8.64. The van der Waals surface area contributed by atoms with Gasteiger partial charge < -0.3 is 0 Å². The topological polar surface area (TPSA) is 66.1 Å².